The third-order valence-electron chi connectivity index (χ3n) is 4.39. The Bertz CT molecular complexity index is 894. The molecule has 5 heteroatoms. The Labute approximate surface area is 158 Å². The van der Waals surface area contributed by atoms with Crippen LogP contribution in [0.15, 0.2) is 41.8 Å². The van der Waals surface area contributed by atoms with Crippen LogP contribution in [0.25, 0.3) is 10.4 Å². The van der Waals surface area contributed by atoms with Crippen LogP contribution >= 0.6 is 11.3 Å². The van der Waals surface area contributed by atoms with Crippen LogP contribution in [-0.2, 0) is 17.8 Å². The number of carbonyl (C=O) groups is 1. The number of hydrogen-bond acceptors (Lipinski definition) is 3. The van der Waals surface area contributed by atoms with Gasteiger partial charge < -0.3 is 5.32 Å². The second kappa shape index (κ2) is 7.87. The van der Waals surface area contributed by atoms with Gasteiger partial charge in [-0.05, 0) is 37.3 Å². The van der Waals surface area contributed by atoms with Crippen LogP contribution in [0.3, 0.4) is 0 Å². The summed E-state index contributed by atoms with van der Waals surface area (Å²) in [6, 6.07) is 12.0. The first-order valence-electron chi connectivity index (χ1n) is 8.91. The molecule has 0 atom stereocenters. The Morgan fingerprint density at radius 3 is 2.65 bits per heavy atom. The number of benzene rings is 1. The quantitative estimate of drug-likeness (QED) is 0.661. The summed E-state index contributed by atoms with van der Waals surface area (Å²) in [4.78, 5) is 13.8. The van der Waals surface area contributed by atoms with Gasteiger partial charge in [-0.3, -0.25) is 9.48 Å². The van der Waals surface area contributed by atoms with Crippen molar-refractivity contribution in [2.75, 3.05) is 5.32 Å². The van der Waals surface area contributed by atoms with E-state index in [1.807, 2.05) is 54.2 Å². The molecule has 1 N–H and O–H groups in total. The molecule has 0 aliphatic heterocycles. The number of carbonyl (C=O) groups excluding carboxylic acids is 1. The molecule has 0 spiro atoms. The molecule has 0 aliphatic rings. The van der Waals surface area contributed by atoms with Gasteiger partial charge in [0.05, 0.1) is 12.1 Å². The summed E-state index contributed by atoms with van der Waals surface area (Å²) in [5, 5.41) is 9.73. The maximum Gasteiger partial charge on any atom is 0.228 e. The van der Waals surface area contributed by atoms with Gasteiger partial charge in [-0.1, -0.05) is 38.1 Å². The molecular weight excluding hydrogens is 342 g/mol. The van der Waals surface area contributed by atoms with Gasteiger partial charge in [0.15, 0.2) is 0 Å². The standard InChI is InChI=1S/C21H25N3OS/c1-14(2)13-24-16(4)18(15(3)23-24)12-21(25)22-19-9-6-5-8-17(19)20-10-7-11-26-20/h5-11,14H,12-13H2,1-4H3,(H,22,25). The van der Waals surface area contributed by atoms with Crippen LogP contribution in [0, 0.1) is 19.8 Å². The molecule has 2 aromatic heterocycles. The van der Waals surface area contributed by atoms with Gasteiger partial charge in [-0.2, -0.15) is 5.10 Å². The molecule has 3 rings (SSSR count). The molecule has 0 saturated carbocycles. The van der Waals surface area contributed by atoms with Crippen LogP contribution < -0.4 is 5.32 Å². The van der Waals surface area contributed by atoms with E-state index in [2.05, 4.69) is 30.3 Å². The summed E-state index contributed by atoms with van der Waals surface area (Å²) in [6.07, 6.45) is 0.342. The van der Waals surface area contributed by atoms with Gasteiger partial charge in [-0.15, -0.1) is 11.3 Å². The highest BCUT2D eigenvalue weighted by molar-refractivity contribution is 7.13. The second-order valence-electron chi connectivity index (χ2n) is 6.97. The van der Waals surface area contributed by atoms with Gasteiger partial charge in [0, 0.05) is 33.9 Å². The number of aromatic nitrogens is 2. The molecule has 0 radical (unpaired) electrons. The first kappa shape index (κ1) is 18.4. The minimum Gasteiger partial charge on any atom is -0.325 e. The van der Waals surface area contributed by atoms with E-state index in [1.165, 1.54) is 0 Å². The molecule has 4 nitrogen and oxygen atoms in total. The van der Waals surface area contributed by atoms with Crippen molar-refractivity contribution < 1.29 is 4.79 Å². The fraction of sp³-hybridized carbons (Fsp3) is 0.333. The molecule has 0 saturated heterocycles. The predicted octanol–water partition coefficient (Wildman–Crippen LogP) is 5.07. The van der Waals surface area contributed by atoms with E-state index in [9.17, 15) is 4.79 Å². The molecular formula is C21H25N3OS. The van der Waals surface area contributed by atoms with Gasteiger partial charge in [0.2, 0.25) is 5.91 Å². The number of aryl methyl sites for hydroxylation is 1. The summed E-state index contributed by atoms with van der Waals surface area (Å²) in [7, 11) is 0. The van der Waals surface area contributed by atoms with Crippen molar-refractivity contribution in [3.05, 3.63) is 58.7 Å². The zero-order valence-electron chi connectivity index (χ0n) is 15.7. The SMILES string of the molecule is Cc1nn(CC(C)C)c(C)c1CC(=O)Nc1ccccc1-c1cccs1. The highest BCUT2D eigenvalue weighted by atomic mass is 32.1. The molecule has 3 aromatic rings. The fourth-order valence-electron chi connectivity index (χ4n) is 3.11. The zero-order valence-corrected chi connectivity index (χ0v) is 16.6. The average Bonchev–Trinajstić information content (AvgIpc) is 3.20. The van der Waals surface area contributed by atoms with Gasteiger partial charge in [-0.25, -0.2) is 0 Å². The minimum atomic E-state index is -0.00990. The highest BCUT2D eigenvalue weighted by Crippen LogP contribution is 2.31. The van der Waals surface area contributed by atoms with Crippen LogP contribution in [-0.4, -0.2) is 15.7 Å². The van der Waals surface area contributed by atoms with Crippen LogP contribution in [0.4, 0.5) is 5.69 Å². The number of nitrogens with one attached hydrogen (secondary N) is 1. The molecule has 0 unspecified atom stereocenters. The molecule has 0 fully saturated rings. The summed E-state index contributed by atoms with van der Waals surface area (Å²) < 4.78 is 2.02. The molecule has 1 aromatic carbocycles. The molecule has 0 aliphatic carbocycles. The number of amides is 1. The second-order valence-corrected chi connectivity index (χ2v) is 7.92. The largest absolute Gasteiger partial charge is 0.325 e. The Morgan fingerprint density at radius 1 is 1.19 bits per heavy atom. The van der Waals surface area contributed by atoms with Gasteiger partial charge in [0.1, 0.15) is 0 Å². The number of thiophene rings is 1. The fourth-order valence-corrected chi connectivity index (χ4v) is 3.87. The third-order valence-corrected chi connectivity index (χ3v) is 5.30. The van der Waals surface area contributed by atoms with Crippen LogP contribution in [0.5, 0.6) is 0 Å². The minimum absolute atomic E-state index is 0.00990. The number of nitrogens with zero attached hydrogens (tertiary/aromatic N) is 2. The van der Waals surface area contributed by atoms with E-state index >= 15 is 0 Å². The topological polar surface area (TPSA) is 46.9 Å². The summed E-state index contributed by atoms with van der Waals surface area (Å²) >= 11 is 1.67. The van der Waals surface area contributed by atoms with Crippen molar-refractivity contribution in [3.63, 3.8) is 0 Å². The zero-order chi connectivity index (χ0) is 18.7. The molecule has 26 heavy (non-hydrogen) atoms. The molecule has 2 heterocycles. The Balaban J connectivity index is 1.78. The van der Waals surface area contributed by atoms with Gasteiger partial charge in [0.25, 0.3) is 0 Å². The van der Waals surface area contributed by atoms with Crippen molar-refractivity contribution in [1.82, 2.24) is 9.78 Å². The van der Waals surface area contributed by atoms with Crippen molar-refractivity contribution in [1.29, 1.82) is 0 Å². The number of anilines is 1. The molecule has 136 valence electrons. The van der Waals surface area contributed by atoms with E-state index in [4.69, 9.17) is 0 Å². The van der Waals surface area contributed by atoms with Crippen molar-refractivity contribution in [3.8, 4) is 10.4 Å². The lowest BCUT2D eigenvalue weighted by molar-refractivity contribution is -0.115. The van der Waals surface area contributed by atoms with E-state index < -0.39 is 0 Å². The van der Waals surface area contributed by atoms with Crippen molar-refractivity contribution >= 4 is 22.9 Å². The van der Waals surface area contributed by atoms with Crippen molar-refractivity contribution in [2.45, 2.75) is 40.7 Å². The maximum absolute atomic E-state index is 12.7. The number of para-hydroxylation sites is 1. The average molecular weight is 368 g/mol. The predicted molar refractivity (Wildman–Crippen MR) is 109 cm³/mol. The van der Waals surface area contributed by atoms with E-state index in [-0.39, 0.29) is 5.91 Å². The Morgan fingerprint density at radius 2 is 1.96 bits per heavy atom. The Kier molecular flexibility index (Phi) is 5.57. The summed E-state index contributed by atoms with van der Waals surface area (Å²) in [5.41, 5.74) is 4.95. The lowest BCUT2D eigenvalue weighted by atomic mass is 10.1. The summed E-state index contributed by atoms with van der Waals surface area (Å²) in [5.74, 6) is 0.511. The Hall–Kier alpha value is -2.40. The van der Waals surface area contributed by atoms with Crippen molar-refractivity contribution in [2.24, 2.45) is 5.92 Å². The van der Waals surface area contributed by atoms with Gasteiger partial charge >= 0.3 is 0 Å². The lowest BCUT2D eigenvalue weighted by Gasteiger charge is -2.11. The smallest absolute Gasteiger partial charge is 0.228 e. The highest BCUT2D eigenvalue weighted by Gasteiger charge is 2.16. The van der Waals surface area contributed by atoms with E-state index in [0.29, 0.717) is 12.3 Å². The van der Waals surface area contributed by atoms with Crippen LogP contribution in [0.1, 0.15) is 30.8 Å². The van der Waals surface area contributed by atoms with E-state index in [0.717, 1.165) is 39.6 Å². The third kappa shape index (κ3) is 4.05. The summed E-state index contributed by atoms with van der Waals surface area (Å²) in [6.45, 7) is 9.24. The van der Waals surface area contributed by atoms with Crippen LogP contribution in [0.2, 0.25) is 0 Å². The normalized spacial score (nSPS) is 11.1. The maximum atomic E-state index is 12.7. The van der Waals surface area contributed by atoms with E-state index in [1.54, 1.807) is 11.3 Å². The first-order valence-corrected chi connectivity index (χ1v) is 9.79. The molecule has 1 amide bonds. The lowest BCUT2D eigenvalue weighted by Crippen LogP contribution is -2.16. The number of rotatable bonds is 6. The monoisotopic (exact) mass is 367 g/mol. The molecule has 0 bridgehead atoms. The number of hydrogen-bond donors (Lipinski definition) is 1. The first-order chi connectivity index (χ1) is 12.5.